The second kappa shape index (κ2) is 6.85. The molecule has 5 nitrogen and oxygen atoms in total. The molecule has 3 N–H and O–H groups in total. The van der Waals surface area contributed by atoms with Gasteiger partial charge >= 0.3 is 0 Å². The van der Waals surface area contributed by atoms with E-state index in [1.54, 1.807) is 0 Å². The minimum absolute atomic E-state index is 0.131. The maximum atomic E-state index is 11.3. The topological polar surface area (TPSA) is 78.0 Å². The van der Waals surface area contributed by atoms with E-state index < -0.39 is 0 Å². The lowest BCUT2D eigenvalue weighted by atomic mass is 10.0. The molecule has 1 rings (SSSR count). The van der Waals surface area contributed by atoms with Gasteiger partial charge in [-0.1, -0.05) is 13.3 Å². The van der Waals surface area contributed by atoms with Gasteiger partial charge in [-0.05, 0) is 34.9 Å². The van der Waals surface area contributed by atoms with Crippen LogP contribution < -0.4 is 10.9 Å². The molecule has 1 aromatic heterocycles. The molecule has 0 aliphatic carbocycles. The summed E-state index contributed by atoms with van der Waals surface area (Å²) in [6.07, 6.45) is 3.15. The quantitative estimate of drug-likeness (QED) is 0.682. The molecule has 0 fully saturated rings. The lowest BCUT2D eigenvalue weighted by molar-refractivity contribution is 0.258. The fourth-order valence-electron chi connectivity index (χ4n) is 1.38. The summed E-state index contributed by atoms with van der Waals surface area (Å²) in [6, 6.07) is 0. The first-order chi connectivity index (χ1) is 7.69. The molecule has 0 aromatic carbocycles. The minimum atomic E-state index is -0.131. The van der Waals surface area contributed by atoms with Gasteiger partial charge in [0.2, 0.25) is 0 Å². The summed E-state index contributed by atoms with van der Waals surface area (Å²) in [5, 5.41) is 12.0. The molecule has 0 aliphatic heterocycles. The molecule has 1 heterocycles. The molecule has 90 valence electrons. The molecule has 0 amide bonds. The van der Waals surface area contributed by atoms with Crippen molar-refractivity contribution >= 4 is 28.4 Å². The van der Waals surface area contributed by atoms with Crippen LogP contribution in [0.25, 0.3) is 0 Å². The zero-order chi connectivity index (χ0) is 12.0. The number of aliphatic hydroxyl groups excluding tert-OH is 1. The number of halogens is 1. The van der Waals surface area contributed by atoms with Gasteiger partial charge in [0.1, 0.15) is 9.39 Å². The predicted octanol–water partition coefficient (Wildman–Crippen LogP) is 1.20. The third-order valence-corrected chi connectivity index (χ3v) is 3.47. The van der Waals surface area contributed by atoms with Crippen LogP contribution in [0.1, 0.15) is 19.8 Å². The van der Waals surface area contributed by atoms with Crippen LogP contribution in [0.4, 0.5) is 5.82 Å². The maximum Gasteiger partial charge on any atom is 0.266 e. The maximum absolute atomic E-state index is 11.3. The van der Waals surface area contributed by atoms with E-state index in [0.717, 1.165) is 19.4 Å². The zero-order valence-electron chi connectivity index (χ0n) is 9.16. The van der Waals surface area contributed by atoms with E-state index in [9.17, 15) is 4.79 Å². The van der Waals surface area contributed by atoms with Gasteiger partial charge in [0.05, 0.1) is 6.33 Å². The Hall–Kier alpha value is -0.630. The molecule has 0 saturated carbocycles. The fraction of sp³-hybridized carbons (Fsp3) is 0.600. The summed E-state index contributed by atoms with van der Waals surface area (Å²) < 4.78 is 0.568. The number of aliphatic hydroxyl groups is 1. The summed E-state index contributed by atoms with van der Waals surface area (Å²) >= 11 is 1.97. The Labute approximate surface area is 108 Å². The molecular formula is C10H16IN3O2. The molecule has 0 spiro atoms. The molecule has 0 bridgehead atoms. The van der Waals surface area contributed by atoms with Crippen molar-refractivity contribution in [2.45, 2.75) is 19.8 Å². The highest BCUT2D eigenvalue weighted by Crippen LogP contribution is 2.12. The lowest BCUT2D eigenvalue weighted by Gasteiger charge is -2.14. The molecule has 1 atom stereocenters. The Morgan fingerprint density at radius 1 is 1.69 bits per heavy atom. The number of aromatic amines is 1. The Bertz CT molecular complexity index is 381. The smallest absolute Gasteiger partial charge is 0.266 e. The Morgan fingerprint density at radius 2 is 2.44 bits per heavy atom. The normalized spacial score (nSPS) is 12.4. The van der Waals surface area contributed by atoms with Gasteiger partial charge in [0.15, 0.2) is 0 Å². The van der Waals surface area contributed by atoms with Crippen molar-refractivity contribution in [3.05, 3.63) is 20.3 Å². The number of aromatic nitrogens is 2. The molecule has 0 radical (unpaired) electrons. The van der Waals surface area contributed by atoms with Crippen LogP contribution in [0.2, 0.25) is 0 Å². The van der Waals surface area contributed by atoms with Crippen LogP contribution in [0.15, 0.2) is 11.1 Å². The highest BCUT2D eigenvalue weighted by molar-refractivity contribution is 14.1. The van der Waals surface area contributed by atoms with Crippen LogP contribution >= 0.6 is 22.6 Å². The number of nitrogens with zero attached hydrogens (tertiary/aromatic N) is 1. The van der Waals surface area contributed by atoms with Gasteiger partial charge in [-0.15, -0.1) is 0 Å². The number of H-pyrrole nitrogens is 1. The average Bonchev–Trinajstić information content (AvgIpc) is 2.29. The van der Waals surface area contributed by atoms with Crippen LogP contribution in [-0.2, 0) is 0 Å². The molecule has 1 aromatic rings. The fourth-order valence-corrected chi connectivity index (χ4v) is 1.87. The van der Waals surface area contributed by atoms with Crippen LogP contribution in [0.3, 0.4) is 0 Å². The molecule has 16 heavy (non-hydrogen) atoms. The van der Waals surface area contributed by atoms with Gasteiger partial charge in [-0.3, -0.25) is 4.79 Å². The Balaban J connectivity index is 2.60. The van der Waals surface area contributed by atoms with Gasteiger partial charge in [0, 0.05) is 13.2 Å². The monoisotopic (exact) mass is 337 g/mol. The number of anilines is 1. The van der Waals surface area contributed by atoms with E-state index in [0.29, 0.717) is 15.3 Å². The van der Waals surface area contributed by atoms with Crippen LogP contribution in [0, 0.1) is 9.49 Å². The van der Waals surface area contributed by atoms with Gasteiger partial charge in [-0.2, -0.15) is 0 Å². The molecular weight excluding hydrogens is 321 g/mol. The third-order valence-electron chi connectivity index (χ3n) is 2.47. The van der Waals surface area contributed by atoms with E-state index in [1.165, 1.54) is 6.33 Å². The minimum Gasteiger partial charge on any atom is -0.396 e. The second-order valence-electron chi connectivity index (χ2n) is 3.56. The van der Waals surface area contributed by atoms with Crippen molar-refractivity contribution in [1.29, 1.82) is 0 Å². The van der Waals surface area contributed by atoms with Crippen molar-refractivity contribution in [3.8, 4) is 0 Å². The second-order valence-corrected chi connectivity index (χ2v) is 4.64. The van der Waals surface area contributed by atoms with Gasteiger partial charge < -0.3 is 15.4 Å². The number of rotatable bonds is 6. The number of hydrogen-bond acceptors (Lipinski definition) is 4. The van der Waals surface area contributed by atoms with E-state index in [2.05, 4.69) is 22.2 Å². The summed E-state index contributed by atoms with van der Waals surface area (Å²) in [6.45, 7) is 3.00. The van der Waals surface area contributed by atoms with Crippen molar-refractivity contribution in [2.75, 3.05) is 18.5 Å². The first kappa shape index (κ1) is 13.4. The Kier molecular flexibility index (Phi) is 5.75. The van der Waals surface area contributed by atoms with E-state index in [4.69, 9.17) is 5.11 Å². The first-order valence-electron chi connectivity index (χ1n) is 5.27. The summed E-state index contributed by atoms with van der Waals surface area (Å²) in [5.41, 5.74) is -0.131. The summed E-state index contributed by atoms with van der Waals surface area (Å²) in [5.74, 6) is 1.02. The van der Waals surface area contributed by atoms with Crippen LogP contribution in [-0.4, -0.2) is 28.2 Å². The van der Waals surface area contributed by atoms with Gasteiger partial charge in [-0.25, -0.2) is 4.98 Å². The van der Waals surface area contributed by atoms with E-state index in [1.807, 2.05) is 22.6 Å². The van der Waals surface area contributed by atoms with E-state index >= 15 is 0 Å². The van der Waals surface area contributed by atoms with Gasteiger partial charge in [0.25, 0.3) is 5.56 Å². The first-order valence-corrected chi connectivity index (χ1v) is 6.34. The van der Waals surface area contributed by atoms with Crippen molar-refractivity contribution in [2.24, 2.45) is 5.92 Å². The molecule has 1 unspecified atom stereocenters. The summed E-state index contributed by atoms with van der Waals surface area (Å²) in [7, 11) is 0. The Morgan fingerprint density at radius 3 is 3.06 bits per heavy atom. The highest BCUT2D eigenvalue weighted by atomic mass is 127. The largest absolute Gasteiger partial charge is 0.396 e. The molecule has 0 aliphatic rings. The number of hydrogen-bond donors (Lipinski definition) is 3. The average molecular weight is 337 g/mol. The third kappa shape index (κ3) is 3.75. The van der Waals surface area contributed by atoms with Crippen molar-refractivity contribution in [3.63, 3.8) is 0 Å². The highest BCUT2D eigenvalue weighted by Gasteiger charge is 2.08. The van der Waals surface area contributed by atoms with E-state index in [-0.39, 0.29) is 12.2 Å². The summed E-state index contributed by atoms with van der Waals surface area (Å²) in [4.78, 5) is 17.9. The van der Waals surface area contributed by atoms with Crippen molar-refractivity contribution in [1.82, 2.24) is 9.97 Å². The van der Waals surface area contributed by atoms with Crippen molar-refractivity contribution < 1.29 is 5.11 Å². The SMILES string of the molecule is CCC(CCO)CNc1nc[nH]c(=O)c1I. The lowest BCUT2D eigenvalue weighted by Crippen LogP contribution is -2.19. The predicted molar refractivity (Wildman–Crippen MR) is 71.5 cm³/mol. The van der Waals surface area contributed by atoms with Crippen LogP contribution in [0.5, 0.6) is 0 Å². The molecule has 0 saturated heterocycles. The number of nitrogens with one attached hydrogen (secondary N) is 2. The molecule has 6 heteroatoms. The zero-order valence-corrected chi connectivity index (χ0v) is 11.3. The standard InChI is InChI=1S/C10H16IN3O2/c1-2-7(3-4-15)5-12-9-8(11)10(16)14-6-13-9/h6-7,15H,2-5H2,1H3,(H2,12,13,14,16).